The van der Waals surface area contributed by atoms with Gasteiger partial charge in [0.2, 0.25) is 0 Å². The molecule has 0 radical (unpaired) electrons. The monoisotopic (exact) mass is 483 g/mol. The average molecular weight is 484 g/mol. The molecule has 184 valence electrons. The number of amides is 1. The Kier molecular flexibility index (Phi) is 6.48. The van der Waals surface area contributed by atoms with Gasteiger partial charge < -0.3 is 19.8 Å². The Labute approximate surface area is 210 Å². The van der Waals surface area contributed by atoms with Gasteiger partial charge in [-0.1, -0.05) is 48.5 Å². The van der Waals surface area contributed by atoms with Crippen LogP contribution in [0.2, 0.25) is 0 Å². The number of carbonyl (C=O) groups excluding carboxylic acids is 1. The third-order valence-corrected chi connectivity index (χ3v) is 6.57. The second-order valence-corrected chi connectivity index (χ2v) is 9.16. The van der Waals surface area contributed by atoms with E-state index in [1.807, 2.05) is 80.6 Å². The van der Waals surface area contributed by atoms with Gasteiger partial charge in [0.25, 0.3) is 5.91 Å². The lowest BCUT2D eigenvalue weighted by Crippen LogP contribution is -2.31. The van der Waals surface area contributed by atoms with Crippen molar-refractivity contribution in [1.29, 1.82) is 0 Å². The van der Waals surface area contributed by atoms with Crippen molar-refractivity contribution in [3.8, 4) is 22.8 Å². The van der Waals surface area contributed by atoms with Gasteiger partial charge in [0.1, 0.15) is 29.5 Å². The van der Waals surface area contributed by atoms with Crippen LogP contribution in [0.5, 0.6) is 11.5 Å². The van der Waals surface area contributed by atoms with Crippen LogP contribution >= 0.6 is 0 Å². The van der Waals surface area contributed by atoms with Crippen molar-refractivity contribution in [3.63, 3.8) is 0 Å². The number of H-pyrrole nitrogens is 1. The largest absolute Gasteiger partial charge is 0.507 e. The molecule has 0 unspecified atom stereocenters. The Morgan fingerprint density at radius 2 is 1.81 bits per heavy atom. The fourth-order valence-corrected chi connectivity index (χ4v) is 4.85. The van der Waals surface area contributed by atoms with Crippen molar-refractivity contribution in [2.45, 2.75) is 32.9 Å². The zero-order valence-electron chi connectivity index (χ0n) is 20.4. The summed E-state index contributed by atoms with van der Waals surface area (Å²) in [4.78, 5) is 15.1. The third-order valence-electron chi connectivity index (χ3n) is 6.57. The van der Waals surface area contributed by atoms with Crippen molar-refractivity contribution in [2.75, 3.05) is 13.2 Å². The van der Waals surface area contributed by atoms with Crippen LogP contribution in [0, 0.1) is 13.8 Å². The Morgan fingerprint density at radius 3 is 2.53 bits per heavy atom. The second-order valence-electron chi connectivity index (χ2n) is 9.16. The maximum Gasteiger partial charge on any atom is 0.273 e. The summed E-state index contributed by atoms with van der Waals surface area (Å²) >= 11 is 0. The van der Waals surface area contributed by atoms with E-state index in [4.69, 9.17) is 4.74 Å². The first-order valence-corrected chi connectivity index (χ1v) is 12.0. The maximum atomic E-state index is 13.4. The number of nitrogens with zero attached hydrogens (tertiary/aromatic N) is 2. The van der Waals surface area contributed by atoms with E-state index < -0.39 is 6.04 Å². The van der Waals surface area contributed by atoms with Crippen molar-refractivity contribution in [1.82, 2.24) is 15.1 Å². The summed E-state index contributed by atoms with van der Waals surface area (Å²) in [6.45, 7) is 4.66. The van der Waals surface area contributed by atoms with Crippen LogP contribution in [0.25, 0.3) is 11.3 Å². The molecule has 0 saturated heterocycles. The molecule has 1 atom stereocenters. The highest BCUT2D eigenvalue weighted by molar-refractivity contribution is 6.00. The number of ether oxygens (including phenoxy) is 1. The van der Waals surface area contributed by atoms with Crippen LogP contribution in [0.4, 0.5) is 0 Å². The van der Waals surface area contributed by atoms with Crippen LogP contribution in [-0.2, 0) is 6.61 Å². The predicted octanol–water partition coefficient (Wildman–Crippen LogP) is 4.91. The Balaban J connectivity index is 1.52. The SMILES string of the molecule is Cc1cc(C)c(O)c(-c2n[nH]c3c2[C@@H](c2ccc(OCc4ccccc4)cc2)N(CCCO)C3=O)c1. The summed E-state index contributed by atoms with van der Waals surface area (Å²) in [5.41, 5.74) is 6.03. The molecule has 7 heteroatoms. The summed E-state index contributed by atoms with van der Waals surface area (Å²) < 4.78 is 5.95. The van der Waals surface area contributed by atoms with Gasteiger partial charge in [-0.3, -0.25) is 9.89 Å². The Bertz CT molecular complexity index is 1380. The minimum absolute atomic E-state index is 0.0142. The molecule has 1 aromatic heterocycles. The molecule has 7 nitrogen and oxygen atoms in total. The lowest BCUT2D eigenvalue weighted by molar-refractivity contribution is 0.0732. The molecule has 1 aliphatic rings. The number of benzene rings is 3. The van der Waals surface area contributed by atoms with Gasteiger partial charge in [-0.05, 0) is 60.7 Å². The van der Waals surface area contributed by atoms with Crippen molar-refractivity contribution in [3.05, 3.63) is 100 Å². The van der Waals surface area contributed by atoms with Gasteiger partial charge in [-0.25, -0.2) is 0 Å². The lowest BCUT2D eigenvalue weighted by Gasteiger charge is -2.26. The summed E-state index contributed by atoms with van der Waals surface area (Å²) in [5, 5.41) is 27.7. The average Bonchev–Trinajstić information content (AvgIpc) is 3.43. The Hall–Kier alpha value is -4.10. The first-order chi connectivity index (χ1) is 17.5. The van der Waals surface area contributed by atoms with E-state index in [1.165, 1.54) is 0 Å². The molecule has 0 bridgehead atoms. The van der Waals surface area contributed by atoms with Crippen LogP contribution in [0.15, 0.2) is 66.7 Å². The predicted molar refractivity (Wildman–Crippen MR) is 137 cm³/mol. The first-order valence-electron chi connectivity index (χ1n) is 12.0. The van der Waals surface area contributed by atoms with Gasteiger partial charge in [-0.2, -0.15) is 5.10 Å². The standard InChI is InChI=1S/C29H29N3O4/c1-18-15-19(2)28(34)23(16-18)25-24-26(31-30-25)29(35)32(13-6-14-33)27(24)21-9-11-22(12-10-21)36-17-20-7-4-3-5-8-20/h3-5,7-12,15-16,27,33-34H,6,13-14,17H2,1-2H3,(H,30,31)/t27-/m1/s1. The lowest BCUT2D eigenvalue weighted by atomic mass is 9.94. The van der Waals surface area contributed by atoms with E-state index in [9.17, 15) is 15.0 Å². The van der Waals surface area contributed by atoms with Crippen molar-refractivity contribution in [2.24, 2.45) is 0 Å². The van der Waals surface area contributed by atoms with Gasteiger partial charge in [0, 0.05) is 24.3 Å². The van der Waals surface area contributed by atoms with E-state index in [2.05, 4.69) is 10.2 Å². The number of phenolic OH excluding ortho intramolecular Hbond substituents is 1. The van der Waals surface area contributed by atoms with E-state index >= 15 is 0 Å². The molecule has 4 aromatic rings. The number of phenols is 1. The molecule has 0 fully saturated rings. The van der Waals surface area contributed by atoms with E-state index in [0.29, 0.717) is 36.5 Å². The topological polar surface area (TPSA) is 98.7 Å². The Morgan fingerprint density at radius 1 is 1.06 bits per heavy atom. The zero-order valence-corrected chi connectivity index (χ0v) is 20.4. The highest BCUT2D eigenvalue weighted by Crippen LogP contribution is 2.45. The van der Waals surface area contributed by atoms with E-state index in [-0.39, 0.29) is 18.3 Å². The van der Waals surface area contributed by atoms with Crippen LogP contribution in [-0.4, -0.2) is 44.4 Å². The fraction of sp³-hybridized carbons (Fsp3) is 0.241. The number of nitrogens with one attached hydrogen (secondary N) is 1. The zero-order chi connectivity index (χ0) is 25.2. The molecular formula is C29H29N3O4. The maximum absolute atomic E-state index is 13.4. The molecule has 3 aromatic carbocycles. The minimum atomic E-state index is -0.406. The number of aliphatic hydroxyl groups excluding tert-OH is 1. The summed E-state index contributed by atoms with van der Waals surface area (Å²) in [6, 6.07) is 21.1. The van der Waals surface area contributed by atoms with Gasteiger partial charge in [0.15, 0.2) is 0 Å². The van der Waals surface area contributed by atoms with Gasteiger partial charge >= 0.3 is 0 Å². The molecule has 0 saturated carbocycles. The number of hydrogen-bond acceptors (Lipinski definition) is 5. The van der Waals surface area contributed by atoms with Crippen molar-refractivity contribution >= 4 is 5.91 Å². The summed E-state index contributed by atoms with van der Waals surface area (Å²) in [7, 11) is 0. The molecule has 0 spiro atoms. The number of aromatic hydroxyl groups is 1. The fourth-order valence-electron chi connectivity index (χ4n) is 4.85. The molecule has 0 aliphatic carbocycles. The molecule has 36 heavy (non-hydrogen) atoms. The summed E-state index contributed by atoms with van der Waals surface area (Å²) in [5.74, 6) is 0.712. The molecule has 2 heterocycles. The number of aromatic amines is 1. The third kappa shape index (κ3) is 4.33. The van der Waals surface area contributed by atoms with Crippen LogP contribution in [0.3, 0.4) is 0 Å². The highest BCUT2D eigenvalue weighted by Gasteiger charge is 2.42. The number of fused-ring (bicyclic) bond motifs is 1. The van der Waals surface area contributed by atoms with E-state index in [1.54, 1.807) is 4.90 Å². The second kappa shape index (κ2) is 9.87. The molecule has 1 aliphatic heterocycles. The molecule has 1 amide bonds. The van der Waals surface area contributed by atoms with Gasteiger partial charge in [-0.15, -0.1) is 0 Å². The van der Waals surface area contributed by atoms with E-state index in [0.717, 1.165) is 33.6 Å². The number of rotatable bonds is 8. The quantitative estimate of drug-likeness (QED) is 0.331. The molecular weight excluding hydrogens is 454 g/mol. The van der Waals surface area contributed by atoms with Crippen LogP contribution < -0.4 is 4.74 Å². The first kappa shape index (κ1) is 23.6. The number of carbonyl (C=O) groups is 1. The normalized spacial score (nSPS) is 14.8. The molecule has 5 rings (SSSR count). The van der Waals surface area contributed by atoms with Crippen molar-refractivity contribution < 1.29 is 19.7 Å². The number of aryl methyl sites for hydroxylation is 2. The highest BCUT2D eigenvalue weighted by atomic mass is 16.5. The van der Waals surface area contributed by atoms with Gasteiger partial charge in [0.05, 0.1) is 6.04 Å². The van der Waals surface area contributed by atoms with Crippen LogP contribution in [0.1, 0.15) is 50.8 Å². The number of aliphatic hydroxyl groups is 1. The number of hydrogen-bond donors (Lipinski definition) is 3. The molecule has 3 N–H and O–H groups in total. The smallest absolute Gasteiger partial charge is 0.273 e. The summed E-state index contributed by atoms with van der Waals surface area (Å²) in [6.07, 6.45) is 0.461. The number of aromatic nitrogens is 2. The minimum Gasteiger partial charge on any atom is -0.507 e.